The maximum absolute atomic E-state index is 13.2. The first-order valence-electron chi connectivity index (χ1n) is 7.23. The molecule has 0 amide bonds. The van der Waals surface area contributed by atoms with Gasteiger partial charge in [-0.1, -0.05) is 18.5 Å². The molecule has 1 heterocycles. The Bertz CT molecular complexity index is 1210. The summed E-state index contributed by atoms with van der Waals surface area (Å²) in [6.45, 7) is 1.52. The van der Waals surface area contributed by atoms with Crippen LogP contribution in [0.15, 0.2) is 45.6 Å². The van der Waals surface area contributed by atoms with Crippen molar-refractivity contribution >= 4 is 58.7 Å². The zero-order chi connectivity index (χ0) is 19.1. The average molecular weight is 435 g/mol. The number of hydrogen-bond acceptors (Lipinski definition) is 6. The number of aromatic nitrogens is 1. The highest BCUT2D eigenvalue weighted by molar-refractivity contribution is 7.93. The lowest BCUT2D eigenvalue weighted by Crippen LogP contribution is -2.13. The number of halogens is 2. The van der Waals surface area contributed by atoms with E-state index in [4.69, 9.17) is 11.6 Å². The molecule has 0 saturated heterocycles. The number of benzene rings is 2. The van der Waals surface area contributed by atoms with Crippen molar-refractivity contribution < 1.29 is 21.2 Å². The van der Waals surface area contributed by atoms with Crippen molar-refractivity contribution in [2.75, 3.05) is 10.5 Å². The second-order valence-corrected chi connectivity index (χ2v) is 10.8. The van der Waals surface area contributed by atoms with Crippen LogP contribution in [0.4, 0.5) is 10.1 Å². The van der Waals surface area contributed by atoms with E-state index >= 15 is 0 Å². The van der Waals surface area contributed by atoms with Crippen LogP contribution in [0.1, 0.15) is 6.92 Å². The number of hydrogen-bond donors (Lipinski definition) is 1. The summed E-state index contributed by atoms with van der Waals surface area (Å²) in [5.74, 6) is -0.793. The standard InChI is InChI=1S/C15H12ClFN2O4S3/c1-2-25(20,21)15-18-13-6-3-9(7-14(13)24-15)19-26(22,23)10-4-5-12(17)11(16)8-10/h3-8,19H,2H2,1H3. The number of anilines is 1. The second-order valence-electron chi connectivity index (χ2n) is 5.25. The van der Waals surface area contributed by atoms with Crippen LogP contribution in [0.3, 0.4) is 0 Å². The van der Waals surface area contributed by atoms with Crippen molar-refractivity contribution in [3.8, 4) is 0 Å². The Kier molecular flexibility index (Phi) is 4.95. The van der Waals surface area contributed by atoms with Gasteiger partial charge in [-0.3, -0.25) is 4.72 Å². The number of sulfone groups is 1. The van der Waals surface area contributed by atoms with Crippen LogP contribution >= 0.6 is 22.9 Å². The summed E-state index contributed by atoms with van der Waals surface area (Å²) in [4.78, 5) is 3.87. The van der Waals surface area contributed by atoms with E-state index in [1.165, 1.54) is 25.1 Å². The summed E-state index contributed by atoms with van der Waals surface area (Å²) in [6, 6.07) is 7.55. The molecule has 0 saturated carbocycles. The SMILES string of the molecule is CCS(=O)(=O)c1nc2ccc(NS(=O)(=O)c3ccc(F)c(Cl)c3)cc2s1. The predicted octanol–water partition coefficient (Wildman–Crippen LogP) is 3.68. The first-order chi connectivity index (χ1) is 12.1. The number of nitrogens with one attached hydrogen (secondary N) is 1. The fraction of sp³-hybridized carbons (Fsp3) is 0.133. The Labute approximate surface area is 158 Å². The largest absolute Gasteiger partial charge is 0.280 e. The Morgan fingerprint density at radius 1 is 1.15 bits per heavy atom. The molecule has 11 heteroatoms. The zero-order valence-corrected chi connectivity index (χ0v) is 16.4. The molecule has 3 aromatic rings. The molecule has 0 spiro atoms. The number of sulfonamides is 1. The van der Waals surface area contributed by atoms with Gasteiger partial charge in [0.05, 0.1) is 31.6 Å². The minimum atomic E-state index is -3.98. The van der Waals surface area contributed by atoms with E-state index in [2.05, 4.69) is 9.71 Å². The third kappa shape index (κ3) is 3.68. The van der Waals surface area contributed by atoms with E-state index in [1.807, 2.05) is 0 Å². The van der Waals surface area contributed by atoms with Crippen LogP contribution in [-0.2, 0) is 19.9 Å². The normalized spacial score (nSPS) is 12.4. The molecule has 0 aliphatic rings. The number of fused-ring (bicyclic) bond motifs is 1. The fourth-order valence-corrected chi connectivity index (χ4v) is 5.75. The maximum Gasteiger partial charge on any atom is 0.261 e. The molecular weight excluding hydrogens is 423 g/mol. The molecule has 0 atom stereocenters. The second kappa shape index (κ2) is 6.76. The molecule has 3 rings (SSSR count). The fourth-order valence-electron chi connectivity index (χ4n) is 2.08. The Balaban J connectivity index is 1.96. The lowest BCUT2D eigenvalue weighted by molar-refractivity contribution is 0.596. The summed E-state index contributed by atoms with van der Waals surface area (Å²) in [5, 5.41) is -0.305. The van der Waals surface area contributed by atoms with Gasteiger partial charge in [0.1, 0.15) is 5.82 Å². The maximum atomic E-state index is 13.2. The van der Waals surface area contributed by atoms with Crippen LogP contribution in [0, 0.1) is 5.82 Å². The minimum absolute atomic E-state index is 0.0136. The van der Waals surface area contributed by atoms with Gasteiger partial charge in [-0.05, 0) is 36.4 Å². The highest BCUT2D eigenvalue weighted by atomic mass is 35.5. The average Bonchev–Trinajstić information content (AvgIpc) is 3.01. The minimum Gasteiger partial charge on any atom is -0.280 e. The van der Waals surface area contributed by atoms with E-state index in [0.29, 0.717) is 10.2 Å². The lowest BCUT2D eigenvalue weighted by atomic mass is 10.3. The van der Waals surface area contributed by atoms with Gasteiger partial charge in [-0.2, -0.15) is 0 Å². The Morgan fingerprint density at radius 2 is 1.88 bits per heavy atom. The third-order valence-corrected chi connectivity index (χ3v) is 8.35. The van der Waals surface area contributed by atoms with E-state index in [1.54, 1.807) is 0 Å². The number of nitrogens with zero attached hydrogens (tertiary/aromatic N) is 1. The van der Waals surface area contributed by atoms with E-state index in [-0.39, 0.29) is 25.7 Å². The first-order valence-corrected chi connectivity index (χ1v) is 11.6. The molecular formula is C15H12ClFN2O4S3. The number of thiazole rings is 1. The zero-order valence-electron chi connectivity index (χ0n) is 13.2. The van der Waals surface area contributed by atoms with Crippen LogP contribution in [0.2, 0.25) is 5.02 Å². The van der Waals surface area contributed by atoms with Crippen molar-refractivity contribution in [1.82, 2.24) is 4.98 Å². The van der Waals surface area contributed by atoms with Crippen molar-refractivity contribution in [2.24, 2.45) is 0 Å². The third-order valence-electron chi connectivity index (χ3n) is 3.47. The Hall–Kier alpha value is -1.75. The highest BCUT2D eigenvalue weighted by Crippen LogP contribution is 2.29. The smallest absolute Gasteiger partial charge is 0.261 e. The molecule has 0 unspecified atom stereocenters. The van der Waals surface area contributed by atoms with Crippen molar-refractivity contribution in [3.05, 3.63) is 47.2 Å². The van der Waals surface area contributed by atoms with Crippen molar-refractivity contribution in [1.29, 1.82) is 0 Å². The van der Waals surface area contributed by atoms with Crippen LogP contribution in [0.5, 0.6) is 0 Å². The quantitative estimate of drug-likeness (QED) is 0.661. The molecule has 0 bridgehead atoms. The molecule has 0 radical (unpaired) electrons. The van der Waals surface area contributed by atoms with E-state index < -0.39 is 25.7 Å². The summed E-state index contributed by atoms with van der Waals surface area (Å²) in [6.07, 6.45) is 0. The predicted molar refractivity (Wildman–Crippen MR) is 99.6 cm³/mol. The van der Waals surface area contributed by atoms with Crippen LogP contribution in [0.25, 0.3) is 10.2 Å². The van der Waals surface area contributed by atoms with Crippen LogP contribution in [-0.4, -0.2) is 27.6 Å². The Morgan fingerprint density at radius 3 is 2.54 bits per heavy atom. The van der Waals surface area contributed by atoms with Gasteiger partial charge in [-0.15, -0.1) is 11.3 Å². The van der Waals surface area contributed by atoms with E-state index in [9.17, 15) is 21.2 Å². The summed E-state index contributed by atoms with van der Waals surface area (Å²) in [7, 11) is -7.42. The molecule has 0 aliphatic heterocycles. The lowest BCUT2D eigenvalue weighted by Gasteiger charge is -2.08. The molecule has 1 aromatic heterocycles. The van der Waals surface area contributed by atoms with Gasteiger partial charge >= 0.3 is 0 Å². The van der Waals surface area contributed by atoms with Gasteiger partial charge in [0.15, 0.2) is 0 Å². The molecule has 1 N–H and O–H groups in total. The highest BCUT2D eigenvalue weighted by Gasteiger charge is 2.19. The molecule has 6 nitrogen and oxygen atoms in total. The van der Waals surface area contributed by atoms with Gasteiger partial charge in [0.25, 0.3) is 10.0 Å². The molecule has 138 valence electrons. The van der Waals surface area contributed by atoms with Crippen LogP contribution < -0.4 is 4.72 Å². The first kappa shape index (κ1) is 19.0. The molecule has 2 aromatic carbocycles. The summed E-state index contributed by atoms with van der Waals surface area (Å²) >= 11 is 6.59. The van der Waals surface area contributed by atoms with Crippen molar-refractivity contribution in [2.45, 2.75) is 16.2 Å². The molecule has 26 heavy (non-hydrogen) atoms. The van der Waals surface area contributed by atoms with Gasteiger partial charge in [0, 0.05) is 0 Å². The molecule has 0 fully saturated rings. The monoisotopic (exact) mass is 434 g/mol. The summed E-state index contributed by atoms with van der Waals surface area (Å²) < 4.78 is 64.7. The van der Waals surface area contributed by atoms with E-state index in [0.717, 1.165) is 29.5 Å². The van der Waals surface area contributed by atoms with Gasteiger partial charge in [-0.25, -0.2) is 26.2 Å². The van der Waals surface area contributed by atoms with Gasteiger partial charge in [0.2, 0.25) is 14.2 Å². The number of rotatable bonds is 5. The molecule has 0 aliphatic carbocycles. The van der Waals surface area contributed by atoms with Crippen molar-refractivity contribution in [3.63, 3.8) is 0 Å². The summed E-state index contributed by atoms with van der Waals surface area (Å²) in [5.41, 5.74) is 0.678. The topological polar surface area (TPSA) is 93.2 Å². The van der Waals surface area contributed by atoms with Gasteiger partial charge < -0.3 is 0 Å².